The first-order chi connectivity index (χ1) is 13.7. The summed E-state index contributed by atoms with van der Waals surface area (Å²) in [5, 5.41) is 0. The average molecular weight is 382 g/mol. The summed E-state index contributed by atoms with van der Waals surface area (Å²) in [6.45, 7) is 2.95. The highest BCUT2D eigenvalue weighted by Gasteiger charge is 2.20. The molecule has 0 unspecified atom stereocenters. The van der Waals surface area contributed by atoms with E-state index in [9.17, 15) is 4.79 Å². The first-order valence-corrected chi connectivity index (χ1v) is 9.23. The van der Waals surface area contributed by atoms with Crippen LogP contribution in [-0.2, 0) is 4.79 Å². The van der Waals surface area contributed by atoms with E-state index in [1.807, 2.05) is 47.4 Å². The molecule has 1 amide bonds. The Labute approximate surface area is 165 Å². The standard InChI is InChI=1S/C22H26N2O4/c1-26-18-9-7-17(8-10-18)23-13-15-24(16-14-23)22(25)12-11-19-20(27-2)5-4-6-21(19)28-3/h4-12H,13-16H2,1-3H3/b12-11+. The number of hydrogen-bond donors (Lipinski definition) is 0. The number of carbonyl (C=O) groups is 1. The number of ether oxygens (including phenoxy) is 3. The van der Waals surface area contributed by atoms with Crippen molar-refractivity contribution in [2.24, 2.45) is 0 Å². The quantitative estimate of drug-likeness (QED) is 0.719. The summed E-state index contributed by atoms with van der Waals surface area (Å²) in [5.41, 5.74) is 1.90. The molecule has 2 aromatic rings. The lowest BCUT2D eigenvalue weighted by Crippen LogP contribution is -2.48. The number of methoxy groups -OCH3 is 3. The van der Waals surface area contributed by atoms with E-state index in [0.717, 1.165) is 30.1 Å². The molecule has 148 valence electrons. The fraction of sp³-hybridized carbons (Fsp3) is 0.318. The molecule has 1 aliphatic rings. The Bertz CT molecular complexity index is 803. The topological polar surface area (TPSA) is 51.2 Å². The highest BCUT2D eigenvalue weighted by atomic mass is 16.5. The SMILES string of the molecule is COc1ccc(N2CCN(C(=O)/C=C/c3c(OC)cccc3OC)CC2)cc1. The molecule has 1 fully saturated rings. The fourth-order valence-corrected chi connectivity index (χ4v) is 3.28. The summed E-state index contributed by atoms with van der Waals surface area (Å²) >= 11 is 0. The second-order valence-corrected chi connectivity index (χ2v) is 6.42. The van der Waals surface area contributed by atoms with Crippen LogP contribution in [0.2, 0.25) is 0 Å². The molecule has 0 spiro atoms. The van der Waals surface area contributed by atoms with Crippen molar-refractivity contribution in [1.29, 1.82) is 0 Å². The molecule has 0 radical (unpaired) electrons. The first-order valence-electron chi connectivity index (χ1n) is 9.23. The molecule has 6 nitrogen and oxygen atoms in total. The Morgan fingerprint density at radius 2 is 1.46 bits per heavy atom. The number of piperazine rings is 1. The third kappa shape index (κ3) is 4.39. The van der Waals surface area contributed by atoms with Gasteiger partial charge in [-0.05, 0) is 42.5 Å². The maximum Gasteiger partial charge on any atom is 0.246 e. The number of hydrogen-bond acceptors (Lipinski definition) is 5. The minimum absolute atomic E-state index is 0.0117. The van der Waals surface area contributed by atoms with Gasteiger partial charge in [-0.2, -0.15) is 0 Å². The van der Waals surface area contributed by atoms with Gasteiger partial charge in [0.05, 0.1) is 26.9 Å². The molecule has 0 N–H and O–H groups in total. The van der Waals surface area contributed by atoms with Gasteiger partial charge in [0.1, 0.15) is 17.2 Å². The Morgan fingerprint density at radius 1 is 0.857 bits per heavy atom. The number of nitrogens with zero attached hydrogens (tertiary/aromatic N) is 2. The molecular weight excluding hydrogens is 356 g/mol. The van der Waals surface area contributed by atoms with Crippen molar-refractivity contribution < 1.29 is 19.0 Å². The summed E-state index contributed by atoms with van der Waals surface area (Å²) in [7, 11) is 4.87. The van der Waals surface area contributed by atoms with Crippen molar-refractivity contribution in [3.05, 3.63) is 54.1 Å². The van der Waals surface area contributed by atoms with Crippen LogP contribution in [0.5, 0.6) is 17.2 Å². The van der Waals surface area contributed by atoms with Crippen LogP contribution >= 0.6 is 0 Å². The van der Waals surface area contributed by atoms with Crippen LogP contribution in [0, 0.1) is 0 Å². The number of benzene rings is 2. The van der Waals surface area contributed by atoms with Gasteiger partial charge in [0, 0.05) is 37.9 Å². The summed E-state index contributed by atoms with van der Waals surface area (Å²) in [6, 6.07) is 13.6. The second kappa shape index (κ2) is 9.17. The van der Waals surface area contributed by atoms with E-state index >= 15 is 0 Å². The third-order valence-electron chi connectivity index (χ3n) is 4.89. The maximum absolute atomic E-state index is 12.6. The molecule has 0 aliphatic carbocycles. The third-order valence-corrected chi connectivity index (χ3v) is 4.89. The van der Waals surface area contributed by atoms with E-state index in [1.165, 1.54) is 0 Å². The number of carbonyl (C=O) groups excluding carboxylic acids is 1. The van der Waals surface area contributed by atoms with Gasteiger partial charge in [-0.1, -0.05) is 6.07 Å². The summed E-state index contributed by atoms with van der Waals surface area (Å²) < 4.78 is 16.0. The van der Waals surface area contributed by atoms with Crippen LogP contribution in [0.3, 0.4) is 0 Å². The van der Waals surface area contributed by atoms with Gasteiger partial charge in [-0.3, -0.25) is 4.79 Å². The smallest absolute Gasteiger partial charge is 0.246 e. The van der Waals surface area contributed by atoms with Gasteiger partial charge in [0.25, 0.3) is 0 Å². The molecule has 0 aromatic heterocycles. The molecule has 3 rings (SSSR count). The van der Waals surface area contributed by atoms with Crippen molar-refractivity contribution in [2.75, 3.05) is 52.4 Å². The minimum atomic E-state index is -0.0117. The molecule has 6 heteroatoms. The lowest BCUT2D eigenvalue weighted by atomic mass is 10.1. The zero-order valence-corrected chi connectivity index (χ0v) is 16.6. The first kappa shape index (κ1) is 19.6. The number of rotatable bonds is 6. The molecule has 0 atom stereocenters. The van der Waals surface area contributed by atoms with E-state index in [0.29, 0.717) is 24.6 Å². The van der Waals surface area contributed by atoms with Crippen LogP contribution in [0.1, 0.15) is 5.56 Å². The van der Waals surface area contributed by atoms with Gasteiger partial charge in [0.2, 0.25) is 5.91 Å². The summed E-state index contributed by atoms with van der Waals surface area (Å²) in [6.07, 6.45) is 3.35. The molecule has 28 heavy (non-hydrogen) atoms. The second-order valence-electron chi connectivity index (χ2n) is 6.42. The Kier molecular flexibility index (Phi) is 6.42. The van der Waals surface area contributed by atoms with Crippen LogP contribution < -0.4 is 19.1 Å². The van der Waals surface area contributed by atoms with Crippen LogP contribution in [-0.4, -0.2) is 58.3 Å². The zero-order valence-electron chi connectivity index (χ0n) is 16.6. The summed E-state index contributed by atoms with van der Waals surface area (Å²) in [5.74, 6) is 2.18. The van der Waals surface area contributed by atoms with Crippen LogP contribution in [0.15, 0.2) is 48.5 Å². The van der Waals surface area contributed by atoms with E-state index in [4.69, 9.17) is 14.2 Å². The molecule has 1 saturated heterocycles. The normalized spacial score (nSPS) is 14.2. The largest absolute Gasteiger partial charge is 0.497 e. The summed E-state index contributed by atoms with van der Waals surface area (Å²) in [4.78, 5) is 16.8. The molecule has 1 heterocycles. The highest BCUT2D eigenvalue weighted by Crippen LogP contribution is 2.29. The van der Waals surface area contributed by atoms with Crippen molar-refractivity contribution >= 4 is 17.7 Å². The number of anilines is 1. The van der Waals surface area contributed by atoms with E-state index in [2.05, 4.69) is 4.90 Å². The lowest BCUT2D eigenvalue weighted by molar-refractivity contribution is -0.126. The fourth-order valence-electron chi connectivity index (χ4n) is 3.28. The maximum atomic E-state index is 12.6. The van der Waals surface area contributed by atoms with Gasteiger partial charge >= 0.3 is 0 Å². The van der Waals surface area contributed by atoms with Crippen molar-refractivity contribution in [2.45, 2.75) is 0 Å². The molecule has 0 saturated carbocycles. The minimum Gasteiger partial charge on any atom is -0.497 e. The molecule has 1 aliphatic heterocycles. The molecule has 0 bridgehead atoms. The van der Waals surface area contributed by atoms with Crippen LogP contribution in [0.4, 0.5) is 5.69 Å². The Hall–Kier alpha value is -3.15. The van der Waals surface area contributed by atoms with E-state index < -0.39 is 0 Å². The van der Waals surface area contributed by atoms with Gasteiger partial charge < -0.3 is 24.0 Å². The van der Waals surface area contributed by atoms with Crippen molar-refractivity contribution in [1.82, 2.24) is 4.90 Å². The highest BCUT2D eigenvalue weighted by molar-refractivity contribution is 5.92. The van der Waals surface area contributed by atoms with Crippen molar-refractivity contribution in [3.8, 4) is 17.2 Å². The van der Waals surface area contributed by atoms with Gasteiger partial charge in [0.15, 0.2) is 0 Å². The molecule has 2 aromatic carbocycles. The van der Waals surface area contributed by atoms with Gasteiger partial charge in [-0.25, -0.2) is 0 Å². The van der Waals surface area contributed by atoms with Crippen molar-refractivity contribution in [3.63, 3.8) is 0 Å². The predicted molar refractivity (Wildman–Crippen MR) is 110 cm³/mol. The molecular formula is C22H26N2O4. The Balaban J connectivity index is 1.62. The zero-order chi connectivity index (χ0) is 19.9. The Morgan fingerprint density at radius 3 is 2.00 bits per heavy atom. The monoisotopic (exact) mass is 382 g/mol. The predicted octanol–water partition coefficient (Wildman–Crippen LogP) is 3.07. The lowest BCUT2D eigenvalue weighted by Gasteiger charge is -2.35. The average Bonchev–Trinajstić information content (AvgIpc) is 2.77. The van der Waals surface area contributed by atoms with Crippen LogP contribution in [0.25, 0.3) is 6.08 Å². The van der Waals surface area contributed by atoms with E-state index in [-0.39, 0.29) is 5.91 Å². The van der Waals surface area contributed by atoms with E-state index in [1.54, 1.807) is 33.5 Å². The van der Waals surface area contributed by atoms with Gasteiger partial charge in [-0.15, -0.1) is 0 Å². The number of amides is 1.